The summed E-state index contributed by atoms with van der Waals surface area (Å²) in [5.41, 5.74) is 1.41. The summed E-state index contributed by atoms with van der Waals surface area (Å²) in [5, 5.41) is 23.7. The average Bonchev–Trinajstić information content (AvgIpc) is 3.21. The van der Waals surface area contributed by atoms with Gasteiger partial charge in [-0.3, -0.25) is 10.1 Å². The fourth-order valence-electron chi connectivity index (χ4n) is 2.32. The van der Waals surface area contributed by atoms with Crippen LogP contribution >= 0.6 is 0 Å². The van der Waals surface area contributed by atoms with Gasteiger partial charge in [-0.05, 0) is 38.2 Å². The van der Waals surface area contributed by atoms with Crippen LogP contribution in [-0.2, 0) is 6.54 Å². The van der Waals surface area contributed by atoms with Gasteiger partial charge in [-0.25, -0.2) is 0 Å². The summed E-state index contributed by atoms with van der Waals surface area (Å²) in [5.74, 6) is 0.512. The molecule has 1 aromatic carbocycles. The Balaban J connectivity index is 2.07. The normalized spacial score (nSPS) is 18.1. The quantitative estimate of drug-likeness (QED) is 0.610. The van der Waals surface area contributed by atoms with Gasteiger partial charge in [-0.1, -0.05) is 12.1 Å². The van der Waals surface area contributed by atoms with Crippen LogP contribution in [-0.4, -0.2) is 22.2 Å². The highest BCUT2D eigenvalue weighted by atomic mass is 16.6. The molecule has 19 heavy (non-hydrogen) atoms. The molecule has 1 aromatic rings. The number of aliphatic hydroxyl groups is 1. The lowest BCUT2D eigenvalue weighted by atomic mass is 9.96. The highest BCUT2D eigenvalue weighted by Crippen LogP contribution is 2.39. The van der Waals surface area contributed by atoms with E-state index in [0.29, 0.717) is 18.0 Å². The molecule has 5 nitrogen and oxygen atoms in total. The predicted molar refractivity (Wildman–Crippen MR) is 72.9 cm³/mol. The second-order valence-electron chi connectivity index (χ2n) is 5.58. The fraction of sp³-hybridized carbons (Fsp3) is 0.571. The monoisotopic (exact) mass is 264 g/mol. The van der Waals surface area contributed by atoms with Crippen molar-refractivity contribution in [2.24, 2.45) is 5.92 Å². The number of rotatable bonds is 6. The summed E-state index contributed by atoms with van der Waals surface area (Å²) in [4.78, 5) is 10.5. The van der Waals surface area contributed by atoms with E-state index in [-0.39, 0.29) is 22.8 Å². The van der Waals surface area contributed by atoms with Crippen LogP contribution in [0.25, 0.3) is 0 Å². The van der Waals surface area contributed by atoms with Gasteiger partial charge >= 0.3 is 0 Å². The summed E-state index contributed by atoms with van der Waals surface area (Å²) in [6.45, 7) is 4.37. The minimum absolute atomic E-state index is 0.0889. The van der Waals surface area contributed by atoms with Gasteiger partial charge in [0, 0.05) is 23.7 Å². The summed E-state index contributed by atoms with van der Waals surface area (Å²) in [6, 6.07) is 5.26. The van der Waals surface area contributed by atoms with Gasteiger partial charge in [-0.15, -0.1) is 0 Å². The van der Waals surface area contributed by atoms with Crippen molar-refractivity contribution in [3.05, 3.63) is 39.4 Å². The minimum Gasteiger partial charge on any atom is -0.394 e. The topological polar surface area (TPSA) is 75.4 Å². The van der Waals surface area contributed by atoms with Crippen LogP contribution in [0.3, 0.4) is 0 Å². The molecule has 1 saturated carbocycles. The molecule has 1 aliphatic rings. The largest absolute Gasteiger partial charge is 0.394 e. The lowest BCUT2D eigenvalue weighted by Gasteiger charge is -2.29. The molecule has 1 unspecified atom stereocenters. The van der Waals surface area contributed by atoms with E-state index in [4.69, 9.17) is 0 Å². The molecule has 2 rings (SSSR count). The number of benzene rings is 1. The smallest absolute Gasteiger partial charge is 0.272 e. The summed E-state index contributed by atoms with van der Waals surface area (Å²) in [7, 11) is 0. The molecule has 104 valence electrons. The number of hydrogen-bond donors (Lipinski definition) is 2. The molecule has 0 aliphatic heterocycles. The third-order valence-electron chi connectivity index (χ3n) is 3.97. The summed E-state index contributed by atoms with van der Waals surface area (Å²) < 4.78 is 0. The Morgan fingerprint density at radius 1 is 1.53 bits per heavy atom. The first-order valence-electron chi connectivity index (χ1n) is 6.56. The van der Waals surface area contributed by atoms with Crippen molar-refractivity contribution in [2.45, 2.75) is 38.8 Å². The number of aliphatic hydroxyl groups excluding tert-OH is 1. The zero-order chi connectivity index (χ0) is 14.0. The minimum atomic E-state index is -0.356. The zero-order valence-electron chi connectivity index (χ0n) is 11.3. The van der Waals surface area contributed by atoms with Gasteiger partial charge in [0.15, 0.2) is 0 Å². The molecular formula is C14H20N2O3. The van der Waals surface area contributed by atoms with Crippen LogP contribution in [0.15, 0.2) is 18.2 Å². The molecule has 0 radical (unpaired) electrons. The van der Waals surface area contributed by atoms with E-state index in [2.05, 4.69) is 5.32 Å². The number of aryl methyl sites for hydroxylation is 1. The van der Waals surface area contributed by atoms with Crippen molar-refractivity contribution < 1.29 is 10.0 Å². The van der Waals surface area contributed by atoms with E-state index in [1.807, 2.05) is 13.0 Å². The van der Waals surface area contributed by atoms with E-state index >= 15 is 0 Å². The van der Waals surface area contributed by atoms with Crippen LogP contribution in [0, 0.1) is 23.0 Å². The molecule has 5 heteroatoms. The maximum atomic E-state index is 10.9. The van der Waals surface area contributed by atoms with Gasteiger partial charge in [-0.2, -0.15) is 0 Å². The molecule has 0 aromatic heterocycles. The lowest BCUT2D eigenvalue weighted by molar-refractivity contribution is -0.385. The van der Waals surface area contributed by atoms with Crippen molar-refractivity contribution in [2.75, 3.05) is 6.61 Å². The third kappa shape index (κ3) is 3.11. The first-order chi connectivity index (χ1) is 8.96. The Bertz CT molecular complexity index is 486. The molecule has 1 fully saturated rings. The van der Waals surface area contributed by atoms with Crippen LogP contribution in [0.1, 0.15) is 30.9 Å². The maximum absolute atomic E-state index is 10.9. The van der Waals surface area contributed by atoms with Crippen molar-refractivity contribution in [3.63, 3.8) is 0 Å². The first kappa shape index (κ1) is 14.0. The Labute approximate surface area is 112 Å². The second kappa shape index (κ2) is 5.27. The highest BCUT2D eigenvalue weighted by molar-refractivity contribution is 5.42. The van der Waals surface area contributed by atoms with E-state index in [1.165, 1.54) is 0 Å². The summed E-state index contributed by atoms with van der Waals surface area (Å²) in [6.07, 6.45) is 2.27. The zero-order valence-corrected chi connectivity index (χ0v) is 11.3. The van der Waals surface area contributed by atoms with Crippen molar-refractivity contribution in [3.8, 4) is 0 Å². The number of nitro benzene ring substituents is 1. The van der Waals surface area contributed by atoms with Gasteiger partial charge in [0.25, 0.3) is 5.69 Å². The predicted octanol–water partition coefficient (Wildman–Crippen LogP) is 2.15. The molecule has 0 bridgehead atoms. The number of nitro groups is 1. The molecule has 1 aliphatic carbocycles. The van der Waals surface area contributed by atoms with Gasteiger partial charge in [0.05, 0.1) is 11.5 Å². The lowest BCUT2D eigenvalue weighted by Crippen LogP contribution is -2.47. The van der Waals surface area contributed by atoms with E-state index < -0.39 is 0 Å². The Morgan fingerprint density at radius 2 is 2.21 bits per heavy atom. The molecule has 1 atom stereocenters. The Kier molecular flexibility index (Phi) is 3.87. The van der Waals surface area contributed by atoms with E-state index in [0.717, 1.165) is 18.4 Å². The van der Waals surface area contributed by atoms with Crippen LogP contribution in [0.2, 0.25) is 0 Å². The summed E-state index contributed by atoms with van der Waals surface area (Å²) >= 11 is 0. The van der Waals surface area contributed by atoms with Gasteiger partial charge < -0.3 is 10.4 Å². The standard InChI is InChI=1S/C14H20N2O3/c1-10-3-4-11(7-13(10)16(18)19)8-15-14(2,9-17)12-5-6-12/h3-4,7,12,15,17H,5-6,8-9H2,1-2H3. The molecular weight excluding hydrogens is 244 g/mol. The highest BCUT2D eigenvalue weighted by Gasteiger charge is 2.40. The first-order valence-corrected chi connectivity index (χ1v) is 6.56. The van der Waals surface area contributed by atoms with E-state index in [1.54, 1.807) is 19.1 Å². The molecule has 0 saturated heterocycles. The number of nitrogens with one attached hydrogen (secondary N) is 1. The molecule has 0 amide bonds. The van der Waals surface area contributed by atoms with Crippen molar-refractivity contribution >= 4 is 5.69 Å². The van der Waals surface area contributed by atoms with Crippen LogP contribution in [0.5, 0.6) is 0 Å². The van der Waals surface area contributed by atoms with Gasteiger partial charge in [0.1, 0.15) is 0 Å². The van der Waals surface area contributed by atoms with Crippen molar-refractivity contribution in [1.82, 2.24) is 5.32 Å². The Morgan fingerprint density at radius 3 is 2.74 bits per heavy atom. The fourth-order valence-corrected chi connectivity index (χ4v) is 2.32. The van der Waals surface area contributed by atoms with Crippen LogP contribution < -0.4 is 5.32 Å². The molecule has 2 N–H and O–H groups in total. The van der Waals surface area contributed by atoms with Gasteiger partial charge in [0.2, 0.25) is 0 Å². The van der Waals surface area contributed by atoms with E-state index in [9.17, 15) is 15.2 Å². The average molecular weight is 264 g/mol. The van der Waals surface area contributed by atoms with Crippen LogP contribution in [0.4, 0.5) is 5.69 Å². The van der Waals surface area contributed by atoms with Crippen molar-refractivity contribution in [1.29, 1.82) is 0 Å². The second-order valence-corrected chi connectivity index (χ2v) is 5.58. The molecule has 0 heterocycles. The Hall–Kier alpha value is -1.46. The third-order valence-corrected chi connectivity index (χ3v) is 3.97. The number of nitrogens with zero attached hydrogens (tertiary/aromatic N) is 1. The molecule has 0 spiro atoms. The SMILES string of the molecule is Cc1ccc(CNC(C)(CO)C2CC2)cc1[N+](=O)[O-]. The maximum Gasteiger partial charge on any atom is 0.272 e. The number of hydrogen-bond acceptors (Lipinski definition) is 4.